The Balaban J connectivity index is 2.36. The number of carbonyl (C=O) groups is 5. The number of amides is 7. The van der Waals surface area contributed by atoms with Crippen LogP contribution in [0.4, 0.5) is 9.59 Å². The van der Waals surface area contributed by atoms with Crippen molar-refractivity contribution in [2.24, 2.45) is 5.92 Å². The van der Waals surface area contributed by atoms with Gasteiger partial charge in [-0.05, 0) is 31.8 Å². The van der Waals surface area contributed by atoms with Crippen LogP contribution >= 0.6 is 0 Å². The van der Waals surface area contributed by atoms with E-state index in [1.807, 2.05) is 27.7 Å². The molecule has 2 saturated heterocycles. The zero-order chi connectivity index (χ0) is 27.5. The summed E-state index contributed by atoms with van der Waals surface area (Å²) < 4.78 is 0. The van der Waals surface area contributed by atoms with E-state index < -0.39 is 41.9 Å². The van der Waals surface area contributed by atoms with E-state index in [0.717, 1.165) is 35.5 Å². The van der Waals surface area contributed by atoms with Crippen molar-refractivity contribution in [1.29, 1.82) is 0 Å². The fourth-order valence-electron chi connectivity index (χ4n) is 4.27. The van der Waals surface area contributed by atoms with Gasteiger partial charge in [-0.1, -0.05) is 65.5 Å². The van der Waals surface area contributed by atoms with Crippen molar-refractivity contribution in [1.82, 2.24) is 19.6 Å². The van der Waals surface area contributed by atoms with Crippen LogP contribution in [0.15, 0.2) is 23.8 Å². The fourth-order valence-corrected chi connectivity index (χ4v) is 4.27. The molecule has 0 spiro atoms. The predicted molar refractivity (Wildman–Crippen MR) is 139 cm³/mol. The number of urea groups is 2. The van der Waals surface area contributed by atoms with Crippen LogP contribution in [-0.4, -0.2) is 86.9 Å². The number of hydrogen-bond acceptors (Lipinski definition) is 6. The highest BCUT2D eigenvalue weighted by Gasteiger charge is 2.44. The van der Waals surface area contributed by atoms with Crippen LogP contribution in [0.3, 0.4) is 0 Å². The molecule has 2 heterocycles. The van der Waals surface area contributed by atoms with Gasteiger partial charge in [0.15, 0.2) is 0 Å². The highest BCUT2D eigenvalue weighted by Crippen LogP contribution is 2.25. The third-order valence-electron chi connectivity index (χ3n) is 6.62. The third kappa shape index (κ3) is 7.06. The Bertz CT molecular complexity index is 883. The number of carbonyl (C=O) groups excluding carboxylic acids is 5. The Morgan fingerprint density at radius 3 is 1.62 bits per heavy atom. The van der Waals surface area contributed by atoms with Crippen molar-refractivity contribution in [3.8, 4) is 0 Å². The largest absolute Gasteiger partial charge is 0.372 e. The molecule has 1 N–H and O–H groups in total. The van der Waals surface area contributed by atoms with Crippen LogP contribution in [0.25, 0.3) is 0 Å². The molecule has 0 aromatic carbocycles. The molecule has 2 unspecified atom stereocenters. The number of rotatable bonds is 14. The van der Waals surface area contributed by atoms with Gasteiger partial charge >= 0.3 is 12.1 Å². The molecule has 2 aliphatic rings. The van der Waals surface area contributed by atoms with Crippen molar-refractivity contribution in [3.05, 3.63) is 23.8 Å². The van der Waals surface area contributed by atoms with Gasteiger partial charge in [0.1, 0.15) is 17.7 Å². The highest BCUT2D eigenvalue weighted by atomic mass is 16.3. The van der Waals surface area contributed by atoms with E-state index in [9.17, 15) is 29.1 Å². The van der Waals surface area contributed by atoms with Crippen LogP contribution < -0.4 is 0 Å². The van der Waals surface area contributed by atoms with E-state index in [2.05, 4.69) is 0 Å². The lowest BCUT2D eigenvalue weighted by Gasteiger charge is -2.41. The molecule has 2 atom stereocenters. The van der Waals surface area contributed by atoms with E-state index in [4.69, 9.17) is 0 Å². The average molecular weight is 519 g/mol. The van der Waals surface area contributed by atoms with Crippen molar-refractivity contribution in [2.45, 2.75) is 85.3 Å². The molecule has 206 valence electrons. The first-order valence-corrected chi connectivity index (χ1v) is 13.6. The minimum absolute atomic E-state index is 0.164. The maximum Gasteiger partial charge on any atom is 0.333 e. The summed E-state index contributed by atoms with van der Waals surface area (Å²) in [4.78, 5) is 69.6. The molecule has 0 aromatic rings. The Hall–Kier alpha value is -3.01. The van der Waals surface area contributed by atoms with Gasteiger partial charge in [0, 0.05) is 26.2 Å². The number of imide groups is 3. The Morgan fingerprint density at radius 1 is 0.676 bits per heavy atom. The van der Waals surface area contributed by atoms with Crippen molar-refractivity contribution in [3.63, 3.8) is 0 Å². The first kappa shape index (κ1) is 30.2. The lowest BCUT2D eigenvalue weighted by Crippen LogP contribution is -2.61. The van der Waals surface area contributed by atoms with Crippen LogP contribution in [0.1, 0.15) is 79.1 Å². The van der Waals surface area contributed by atoms with E-state index in [0.29, 0.717) is 32.2 Å². The third-order valence-corrected chi connectivity index (χ3v) is 6.62. The number of hydrogen-bond donors (Lipinski definition) is 1. The number of aliphatic hydroxyl groups excluding tert-OH is 1. The van der Waals surface area contributed by atoms with Gasteiger partial charge < -0.3 is 5.11 Å². The van der Waals surface area contributed by atoms with Gasteiger partial charge in [0.05, 0.1) is 0 Å². The minimum Gasteiger partial charge on any atom is -0.372 e. The average Bonchev–Trinajstić information content (AvgIpc) is 2.87. The topological polar surface area (TPSA) is 119 Å². The summed E-state index contributed by atoms with van der Waals surface area (Å²) in [7, 11) is 0. The first-order chi connectivity index (χ1) is 17.7. The lowest BCUT2D eigenvalue weighted by atomic mass is 10.00. The summed E-state index contributed by atoms with van der Waals surface area (Å²) in [5, 5.41) is 10.9. The monoisotopic (exact) mass is 518 g/mol. The molecular weight excluding hydrogens is 476 g/mol. The number of allylic oxidation sites excluding steroid dienone is 2. The molecule has 2 aliphatic heterocycles. The van der Waals surface area contributed by atoms with Crippen LogP contribution in [0, 0.1) is 5.92 Å². The molecule has 2 fully saturated rings. The first-order valence-electron chi connectivity index (χ1n) is 13.6. The Labute approximate surface area is 219 Å². The summed E-state index contributed by atoms with van der Waals surface area (Å²) >= 11 is 0. The quantitative estimate of drug-likeness (QED) is 0.277. The summed E-state index contributed by atoms with van der Waals surface area (Å²) in [6.07, 6.45) is 8.52. The Kier molecular flexibility index (Phi) is 12.0. The van der Waals surface area contributed by atoms with E-state index in [1.54, 1.807) is 0 Å². The molecule has 37 heavy (non-hydrogen) atoms. The van der Waals surface area contributed by atoms with Gasteiger partial charge in [-0.25, -0.2) is 9.59 Å². The van der Waals surface area contributed by atoms with E-state index in [1.165, 1.54) is 28.0 Å². The molecule has 0 radical (unpaired) electrons. The molecule has 10 heteroatoms. The van der Waals surface area contributed by atoms with Crippen molar-refractivity contribution >= 4 is 29.8 Å². The number of aliphatic hydroxyl groups is 1. The number of barbiturate groups is 1. The molecule has 0 aromatic heterocycles. The summed E-state index contributed by atoms with van der Waals surface area (Å²) in [6, 6.07) is -1.11. The second kappa shape index (κ2) is 14.7. The van der Waals surface area contributed by atoms with Gasteiger partial charge in [-0.15, -0.1) is 0 Å². The van der Waals surface area contributed by atoms with Gasteiger partial charge in [0.25, 0.3) is 11.8 Å². The molecular formula is C27H42N4O6. The molecule has 0 bridgehead atoms. The van der Waals surface area contributed by atoms with Crippen molar-refractivity contribution in [2.75, 3.05) is 26.2 Å². The highest BCUT2D eigenvalue weighted by molar-refractivity contribution is 6.28. The van der Waals surface area contributed by atoms with Crippen molar-refractivity contribution < 1.29 is 29.1 Å². The zero-order valence-corrected chi connectivity index (χ0v) is 22.6. The SMILES string of the molecule is CCCCN1C(=O)C(=C/C=C/C2C(=O)N(CCCC)C(=O)N(CCCC)C2O)C(=O)N(CCCC)C1=O. The fraction of sp³-hybridized carbons (Fsp3) is 0.667. The molecule has 2 rings (SSSR count). The summed E-state index contributed by atoms with van der Waals surface area (Å²) in [5.74, 6) is -2.88. The maximum absolute atomic E-state index is 13.1. The minimum atomic E-state index is -1.35. The van der Waals surface area contributed by atoms with E-state index in [-0.39, 0.29) is 25.2 Å². The van der Waals surface area contributed by atoms with Crippen LogP contribution in [-0.2, 0) is 14.4 Å². The van der Waals surface area contributed by atoms with Gasteiger partial charge in [0.2, 0.25) is 5.91 Å². The molecule has 0 aliphatic carbocycles. The normalized spacial score (nSPS) is 21.2. The van der Waals surface area contributed by atoms with E-state index >= 15 is 0 Å². The smallest absolute Gasteiger partial charge is 0.333 e. The van der Waals surface area contributed by atoms with Crippen LogP contribution in [0.2, 0.25) is 0 Å². The summed E-state index contributed by atoms with van der Waals surface area (Å²) in [6.45, 7) is 8.83. The number of nitrogens with zero attached hydrogens (tertiary/aromatic N) is 4. The zero-order valence-electron chi connectivity index (χ0n) is 22.6. The number of unbranched alkanes of at least 4 members (excludes halogenated alkanes) is 4. The second-order valence-corrected chi connectivity index (χ2v) is 9.48. The lowest BCUT2D eigenvalue weighted by molar-refractivity contribution is -0.145. The molecule has 10 nitrogen and oxygen atoms in total. The van der Waals surface area contributed by atoms with Crippen LogP contribution in [0.5, 0.6) is 0 Å². The molecule has 0 saturated carbocycles. The second-order valence-electron chi connectivity index (χ2n) is 9.48. The summed E-state index contributed by atoms with van der Waals surface area (Å²) in [5.41, 5.74) is -0.164. The Morgan fingerprint density at radius 2 is 1.14 bits per heavy atom. The predicted octanol–water partition coefficient (Wildman–Crippen LogP) is 3.66. The van der Waals surface area contributed by atoms with Gasteiger partial charge in [-0.3, -0.25) is 34.0 Å². The standard InChI is InChI=1S/C27H42N4O6/c1-5-9-16-28-22(32)20(23(33)29(26(28)36)17-10-6-2)14-13-15-21-24(34)30(18-11-7-3)27(37)31(25(21)35)19-12-8-4/h13-15,20,22,32H,5-12,16-19H2,1-4H3/b14-13+. The molecule has 7 amide bonds. The van der Waals surface area contributed by atoms with Gasteiger partial charge in [-0.2, -0.15) is 0 Å². The maximum atomic E-state index is 13.1.